The van der Waals surface area contributed by atoms with Crippen LogP contribution in [0.25, 0.3) is 0 Å². The Morgan fingerprint density at radius 2 is 1.78 bits per heavy atom. The van der Waals surface area contributed by atoms with Crippen LogP contribution in [0.15, 0.2) is 39.9 Å². The molecule has 0 aliphatic rings. The highest BCUT2D eigenvalue weighted by Gasteiger charge is 2.20. The van der Waals surface area contributed by atoms with Crippen LogP contribution in [0.4, 0.5) is 5.69 Å². The Morgan fingerprint density at radius 3 is 2.43 bits per heavy atom. The topological polar surface area (TPSA) is 138 Å². The fourth-order valence-electron chi connectivity index (χ4n) is 2.20. The van der Waals surface area contributed by atoms with Gasteiger partial charge >= 0.3 is 5.69 Å². The Morgan fingerprint density at radius 1 is 1.09 bits per heavy atom. The van der Waals surface area contributed by atoms with Crippen molar-refractivity contribution in [2.24, 2.45) is 5.73 Å². The molecule has 0 aliphatic carbocycles. The third-order valence-corrected chi connectivity index (χ3v) is 3.39. The minimum Gasteiger partial charge on any atom is -0.392 e. The summed E-state index contributed by atoms with van der Waals surface area (Å²) in [6.45, 7) is 0.947. The number of nitrogens with zero attached hydrogens (tertiary/aromatic N) is 1. The maximum absolute atomic E-state index is 12.5. The molecule has 1 aromatic carbocycles. The largest absolute Gasteiger partial charge is 0.392 e. The molecule has 6 N–H and O–H groups in total. The lowest BCUT2D eigenvalue weighted by Gasteiger charge is -2.22. The second kappa shape index (κ2) is 7.41. The molecule has 0 bridgehead atoms. The van der Waals surface area contributed by atoms with Crippen LogP contribution in [0.3, 0.4) is 0 Å². The zero-order chi connectivity index (χ0) is 16.8. The summed E-state index contributed by atoms with van der Waals surface area (Å²) in [6, 6.07) is 9.64. The highest BCUT2D eigenvalue weighted by molar-refractivity contribution is 5.96. The van der Waals surface area contributed by atoms with E-state index in [2.05, 4.69) is 4.98 Å². The van der Waals surface area contributed by atoms with Crippen molar-refractivity contribution in [1.29, 1.82) is 0 Å². The van der Waals surface area contributed by atoms with Crippen molar-refractivity contribution in [3.8, 4) is 0 Å². The average Bonchev–Trinajstić information content (AvgIpc) is 2.55. The van der Waals surface area contributed by atoms with E-state index in [1.54, 1.807) is 0 Å². The quantitative estimate of drug-likeness (QED) is 0.557. The number of carbonyl (C=O) groups is 1. The lowest BCUT2D eigenvalue weighted by Crippen LogP contribution is -2.40. The number of H-pyrrole nitrogens is 2. The third kappa shape index (κ3) is 4.07. The summed E-state index contributed by atoms with van der Waals surface area (Å²) >= 11 is 0. The Labute approximate surface area is 132 Å². The molecule has 0 saturated heterocycles. The van der Waals surface area contributed by atoms with Crippen molar-refractivity contribution in [3.05, 3.63) is 62.4 Å². The van der Waals surface area contributed by atoms with Gasteiger partial charge in [-0.15, -0.1) is 0 Å². The molecule has 1 aromatic heterocycles. The molecule has 0 aliphatic heterocycles. The van der Waals surface area contributed by atoms with E-state index in [0.717, 1.165) is 5.56 Å². The predicted molar refractivity (Wildman–Crippen MR) is 87.2 cm³/mol. The zero-order valence-electron chi connectivity index (χ0n) is 12.5. The molecule has 1 amide bonds. The van der Waals surface area contributed by atoms with E-state index in [4.69, 9.17) is 11.5 Å². The van der Waals surface area contributed by atoms with Crippen LogP contribution >= 0.6 is 0 Å². The maximum atomic E-state index is 12.5. The second-order valence-electron chi connectivity index (χ2n) is 5.01. The number of nitrogen functional groups attached to an aromatic ring is 1. The lowest BCUT2D eigenvalue weighted by atomic mass is 10.1. The van der Waals surface area contributed by atoms with Crippen LogP contribution in [0, 0.1) is 0 Å². The fraction of sp³-hybridized carbons (Fsp3) is 0.267. The van der Waals surface area contributed by atoms with Gasteiger partial charge in [0.05, 0.1) is 0 Å². The summed E-state index contributed by atoms with van der Waals surface area (Å²) in [5, 5.41) is 0. The molecular weight excluding hydrogens is 298 g/mol. The first-order valence-corrected chi connectivity index (χ1v) is 7.18. The SMILES string of the molecule is NCCN(CCc1ccccc1)C(=O)c1[nH]c(=O)[nH]c(=O)c1N. The van der Waals surface area contributed by atoms with Crippen LogP contribution in [0.1, 0.15) is 16.1 Å². The summed E-state index contributed by atoms with van der Waals surface area (Å²) in [4.78, 5) is 41.2. The monoisotopic (exact) mass is 317 g/mol. The average molecular weight is 317 g/mol. The fourth-order valence-corrected chi connectivity index (χ4v) is 2.20. The van der Waals surface area contributed by atoms with Crippen LogP contribution in [-0.4, -0.2) is 40.4 Å². The number of benzene rings is 1. The first-order chi connectivity index (χ1) is 11.0. The first-order valence-electron chi connectivity index (χ1n) is 7.18. The van der Waals surface area contributed by atoms with Crippen LogP contribution in [0.2, 0.25) is 0 Å². The number of anilines is 1. The van der Waals surface area contributed by atoms with Crippen molar-refractivity contribution in [2.75, 3.05) is 25.4 Å². The third-order valence-electron chi connectivity index (χ3n) is 3.39. The molecular formula is C15H19N5O3. The number of amides is 1. The molecule has 0 unspecified atom stereocenters. The Bertz CT molecular complexity index is 782. The molecule has 23 heavy (non-hydrogen) atoms. The van der Waals surface area contributed by atoms with Gasteiger partial charge in [-0.05, 0) is 12.0 Å². The van der Waals surface area contributed by atoms with Gasteiger partial charge in [0.1, 0.15) is 11.4 Å². The molecule has 0 atom stereocenters. The Hall–Kier alpha value is -2.87. The molecule has 8 nitrogen and oxygen atoms in total. The van der Waals surface area contributed by atoms with Crippen molar-refractivity contribution in [3.63, 3.8) is 0 Å². The van der Waals surface area contributed by atoms with Crippen molar-refractivity contribution < 1.29 is 4.79 Å². The normalized spacial score (nSPS) is 10.5. The van der Waals surface area contributed by atoms with Crippen LogP contribution < -0.4 is 22.7 Å². The highest BCUT2D eigenvalue weighted by Crippen LogP contribution is 2.07. The summed E-state index contributed by atoms with van der Waals surface area (Å²) < 4.78 is 0. The first kappa shape index (κ1) is 16.5. The van der Waals surface area contributed by atoms with E-state index in [0.29, 0.717) is 19.5 Å². The molecule has 0 spiro atoms. The van der Waals surface area contributed by atoms with Gasteiger partial charge in [-0.2, -0.15) is 0 Å². The predicted octanol–water partition coefficient (Wildman–Crippen LogP) is -0.711. The zero-order valence-corrected chi connectivity index (χ0v) is 12.5. The van der Waals surface area contributed by atoms with E-state index < -0.39 is 17.2 Å². The standard InChI is InChI=1S/C15H19N5O3/c16-7-9-20(8-6-10-4-2-1-3-5-10)14(22)12-11(17)13(21)19-15(23)18-12/h1-5H,6-9,16-17H2,(H2,18,19,21,23). The van der Waals surface area contributed by atoms with E-state index in [-0.39, 0.29) is 17.9 Å². The van der Waals surface area contributed by atoms with Crippen molar-refractivity contribution >= 4 is 11.6 Å². The summed E-state index contributed by atoms with van der Waals surface area (Å²) in [5.41, 5.74) is 10.1. The number of nitrogens with two attached hydrogens (primary N) is 2. The maximum Gasteiger partial charge on any atom is 0.326 e. The van der Waals surface area contributed by atoms with E-state index in [1.807, 2.05) is 35.3 Å². The number of hydrogen-bond acceptors (Lipinski definition) is 5. The summed E-state index contributed by atoms with van der Waals surface area (Å²) in [7, 11) is 0. The number of nitrogens with one attached hydrogen (secondary N) is 2. The van der Waals surface area contributed by atoms with Gasteiger partial charge in [0.25, 0.3) is 11.5 Å². The summed E-state index contributed by atoms with van der Waals surface area (Å²) in [6.07, 6.45) is 0.625. The lowest BCUT2D eigenvalue weighted by molar-refractivity contribution is 0.0756. The molecule has 122 valence electrons. The summed E-state index contributed by atoms with van der Waals surface area (Å²) in [5.74, 6) is -0.521. The minimum absolute atomic E-state index is 0.208. The highest BCUT2D eigenvalue weighted by atomic mass is 16.2. The molecule has 0 radical (unpaired) electrons. The van der Waals surface area contributed by atoms with E-state index in [1.165, 1.54) is 4.90 Å². The molecule has 1 heterocycles. The molecule has 8 heteroatoms. The van der Waals surface area contributed by atoms with Crippen molar-refractivity contribution in [1.82, 2.24) is 14.9 Å². The number of carbonyl (C=O) groups excluding carboxylic acids is 1. The number of aromatic amines is 2. The van der Waals surface area contributed by atoms with Gasteiger partial charge in [-0.1, -0.05) is 30.3 Å². The molecule has 2 aromatic rings. The Balaban J connectivity index is 2.22. The molecule has 2 rings (SSSR count). The molecule has 0 saturated carbocycles. The minimum atomic E-state index is -0.784. The van der Waals surface area contributed by atoms with Gasteiger partial charge < -0.3 is 21.4 Å². The Kier molecular flexibility index (Phi) is 5.32. The van der Waals surface area contributed by atoms with Gasteiger partial charge in [-0.3, -0.25) is 14.6 Å². The number of hydrogen-bond donors (Lipinski definition) is 4. The van der Waals surface area contributed by atoms with Gasteiger partial charge in [0, 0.05) is 19.6 Å². The van der Waals surface area contributed by atoms with E-state index >= 15 is 0 Å². The number of rotatable bonds is 6. The van der Waals surface area contributed by atoms with Gasteiger partial charge in [0.2, 0.25) is 0 Å². The smallest absolute Gasteiger partial charge is 0.326 e. The van der Waals surface area contributed by atoms with Crippen molar-refractivity contribution in [2.45, 2.75) is 6.42 Å². The molecule has 0 fully saturated rings. The van der Waals surface area contributed by atoms with E-state index in [9.17, 15) is 14.4 Å². The van der Waals surface area contributed by atoms with Crippen LogP contribution in [-0.2, 0) is 6.42 Å². The van der Waals surface area contributed by atoms with Gasteiger partial charge in [0.15, 0.2) is 0 Å². The van der Waals surface area contributed by atoms with Crippen LogP contribution in [0.5, 0.6) is 0 Å². The van der Waals surface area contributed by atoms with Gasteiger partial charge in [-0.25, -0.2) is 4.79 Å². The second-order valence-corrected chi connectivity index (χ2v) is 5.01. The number of aromatic nitrogens is 2.